The molecular formula is C17H17NO2. The van der Waals surface area contributed by atoms with Crippen molar-refractivity contribution in [2.75, 3.05) is 0 Å². The maximum Gasteiger partial charge on any atom is 0.269 e. The first-order valence-corrected chi connectivity index (χ1v) is 6.82. The second-order valence-corrected chi connectivity index (χ2v) is 4.68. The third-order valence-corrected chi connectivity index (χ3v) is 3.07. The van der Waals surface area contributed by atoms with Crippen LogP contribution < -0.4 is 0 Å². The maximum atomic E-state index is 12.1. The molecule has 3 nitrogen and oxygen atoms in total. The molecule has 2 amide bonds. The van der Waals surface area contributed by atoms with Crippen molar-refractivity contribution in [2.24, 2.45) is 0 Å². The first kappa shape index (κ1) is 14.1. The highest BCUT2D eigenvalue weighted by molar-refractivity contribution is 6.18. The molecule has 20 heavy (non-hydrogen) atoms. The summed E-state index contributed by atoms with van der Waals surface area (Å²) in [5, 5.41) is 0. The Labute approximate surface area is 119 Å². The van der Waals surface area contributed by atoms with Crippen molar-refractivity contribution in [1.29, 1.82) is 0 Å². The number of hydrogen-bond donors (Lipinski definition) is 0. The van der Waals surface area contributed by atoms with E-state index in [1.54, 1.807) is 0 Å². The van der Waals surface area contributed by atoms with Crippen molar-refractivity contribution in [3.05, 3.63) is 47.5 Å². The number of hydrogen-bond acceptors (Lipinski definition) is 2. The van der Waals surface area contributed by atoms with E-state index in [1.807, 2.05) is 30.3 Å². The van der Waals surface area contributed by atoms with Crippen LogP contribution >= 0.6 is 0 Å². The first-order chi connectivity index (χ1) is 9.72. The van der Waals surface area contributed by atoms with Gasteiger partial charge in [-0.25, -0.2) is 0 Å². The Hall–Kier alpha value is -2.34. The number of nitrogens with zero attached hydrogens (tertiary/aromatic N) is 1. The lowest BCUT2D eigenvalue weighted by atomic mass is 10.2. The molecule has 3 heteroatoms. The molecule has 0 atom stereocenters. The Bertz CT molecular complexity index is 590. The zero-order valence-electron chi connectivity index (χ0n) is 11.6. The van der Waals surface area contributed by atoms with Crippen molar-refractivity contribution in [2.45, 2.75) is 32.7 Å². The average molecular weight is 267 g/mol. The van der Waals surface area contributed by atoms with Crippen molar-refractivity contribution in [3.8, 4) is 11.8 Å². The molecule has 102 valence electrons. The standard InChI is InChI=1S/C17H17NO2/c1-2-3-4-8-11-15-12-16(19)18(17(15)20)13-14-9-6-5-7-10-14/h5-7,9-10,12H,2-4,13H2,1H3. The first-order valence-electron chi connectivity index (χ1n) is 6.82. The lowest BCUT2D eigenvalue weighted by Crippen LogP contribution is -2.30. The van der Waals surface area contributed by atoms with Gasteiger partial charge in [0.05, 0.1) is 12.1 Å². The quantitative estimate of drug-likeness (QED) is 0.478. The summed E-state index contributed by atoms with van der Waals surface area (Å²) in [5.74, 6) is 5.19. The van der Waals surface area contributed by atoms with E-state index in [0.717, 1.165) is 24.8 Å². The molecule has 2 rings (SSSR count). The molecule has 0 fully saturated rings. The molecule has 0 radical (unpaired) electrons. The predicted octanol–water partition coefficient (Wildman–Crippen LogP) is 2.68. The van der Waals surface area contributed by atoms with Crippen LogP contribution in [-0.4, -0.2) is 16.7 Å². The molecule has 0 aromatic heterocycles. The van der Waals surface area contributed by atoms with Crippen LogP contribution in [0.5, 0.6) is 0 Å². The Morgan fingerprint density at radius 1 is 1.15 bits per heavy atom. The number of imide groups is 1. The van der Waals surface area contributed by atoms with Crippen LogP contribution in [0.3, 0.4) is 0 Å². The van der Waals surface area contributed by atoms with Gasteiger partial charge in [-0.15, -0.1) is 0 Å². The minimum absolute atomic E-state index is 0.279. The van der Waals surface area contributed by atoms with Gasteiger partial charge in [-0.05, 0) is 12.0 Å². The number of unbranched alkanes of at least 4 members (excludes halogenated alkanes) is 2. The van der Waals surface area contributed by atoms with Crippen LogP contribution in [0.4, 0.5) is 0 Å². The largest absolute Gasteiger partial charge is 0.270 e. The summed E-state index contributed by atoms with van der Waals surface area (Å²) in [6.07, 6.45) is 4.18. The molecule has 0 saturated heterocycles. The van der Waals surface area contributed by atoms with Gasteiger partial charge in [-0.3, -0.25) is 14.5 Å². The van der Waals surface area contributed by atoms with Crippen LogP contribution in [0.1, 0.15) is 31.7 Å². The number of carbonyl (C=O) groups excluding carboxylic acids is 2. The molecule has 0 unspecified atom stereocenters. The number of amides is 2. The molecule has 0 spiro atoms. The van der Waals surface area contributed by atoms with Crippen LogP contribution in [0.15, 0.2) is 42.0 Å². The zero-order chi connectivity index (χ0) is 14.4. The van der Waals surface area contributed by atoms with Crippen molar-refractivity contribution in [3.63, 3.8) is 0 Å². The molecule has 0 saturated carbocycles. The molecule has 0 N–H and O–H groups in total. The molecule has 1 aromatic carbocycles. The van der Waals surface area contributed by atoms with Gasteiger partial charge in [0.25, 0.3) is 11.8 Å². The van der Waals surface area contributed by atoms with Gasteiger partial charge in [0.1, 0.15) is 0 Å². The van der Waals surface area contributed by atoms with Crippen molar-refractivity contribution >= 4 is 11.8 Å². The van der Waals surface area contributed by atoms with Gasteiger partial charge in [0.2, 0.25) is 0 Å². The van der Waals surface area contributed by atoms with E-state index in [4.69, 9.17) is 0 Å². The van der Waals surface area contributed by atoms with Gasteiger partial charge >= 0.3 is 0 Å². The lowest BCUT2D eigenvalue weighted by Gasteiger charge is -2.13. The Morgan fingerprint density at radius 3 is 2.60 bits per heavy atom. The topological polar surface area (TPSA) is 37.4 Å². The molecular weight excluding hydrogens is 250 g/mol. The second-order valence-electron chi connectivity index (χ2n) is 4.68. The van der Waals surface area contributed by atoms with E-state index in [1.165, 1.54) is 11.0 Å². The summed E-state index contributed by atoms with van der Waals surface area (Å²) in [6, 6.07) is 9.47. The van der Waals surface area contributed by atoms with Gasteiger partial charge in [0.15, 0.2) is 0 Å². The van der Waals surface area contributed by atoms with Gasteiger partial charge in [-0.2, -0.15) is 0 Å². The minimum Gasteiger partial charge on any atom is -0.270 e. The number of rotatable bonds is 4. The summed E-state index contributed by atoms with van der Waals surface area (Å²) in [4.78, 5) is 25.2. The third kappa shape index (κ3) is 3.36. The maximum absolute atomic E-state index is 12.1. The Balaban J connectivity index is 2.03. The summed E-state index contributed by atoms with van der Waals surface area (Å²) < 4.78 is 0. The highest BCUT2D eigenvalue weighted by Crippen LogP contribution is 2.15. The summed E-state index contributed by atoms with van der Waals surface area (Å²) >= 11 is 0. The van der Waals surface area contributed by atoms with Crippen molar-refractivity contribution in [1.82, 2.24) is 4.90 Å². The fourth-order valence-electron chi connectivity index (χ4n) is 1.94. The van der Waals surface area contributed by atoms with Crippen LogP contribution in [0.2, 0.25) is 0 Å². The SMILES string of the molecule is CCCCC#CC1=CC(=O)N(Cc2ccccc2)C1=O. The summed E-state index contributed by atoms with van der Waals surface area (Å²) in [6.45, 7) is 2.39. The fraction of sp³-hybridized carbons (Fsp3) is 0.294. The monoisotopic (exact) mass is 267 g/mol. The average Bonchev–Trinajstić information content (AvgIpc) is 2.72. The van der Waals surface area contributed by atoms with E-state index in [2.05, 4.69) is 18.8 Å². The third-order valence-electron chi connectivity index (χ3n) is 3.07. The molecule has 1 aromatic rings. The zero-order valence-corrected chi connectivity index (χ0v) is 11.6. The van der Waals surface area contributed by atoms with Crippen LogP contribution in [-0.2, 0) is 16.1 Å². The summed E-state index contributed by atoms with van der Waals surface area (Å²) in [5.41, 5.74) is 1.24. The van der Waals surface area contributed by atoms with Gasteiger partial charge in [0, 0.05) is 12.5 Å². The Kier molecular flexibility index (Phi) is 4.73. The van der Waals surface area contributed by atoms with Gasteiger partial charge < -0.3 is 0 Å². The van der Waals surface area contributed by atoms with E-state index in [9.17, 15) is 9.59 Å². The van der Waals surface area contributed by atoms with Crippen LogP contribution in [0, 0.1) is 11.8 Å². The number of carbonyl (C=O) groups is 2. The molecule has 1 aliphatic rings. The van der Waals surface area contributed by atoms with E-state index < -0.39 is 0 Å². The predicted molar refractivity (Wildman–Crippen MR) is 77.4 cm³/mol. The van der Waals surface area contributed by atoms with E-state index in [0.29, 0.717) is 12.1 Å². The molecule has 0 aliphatic carbocycles. The van der Waals surface area contributed by atoms with Crippen molar-refractivity contribution < 1.29 is 9.59 Å². The van der Waals surface area contributed by atoms with E-state index in [-0.39, 0.29) is 11.8 Å². The second kappa shape index (κ2) is 6.72. The normalized spacial score (nSPS) is 14.1. The smallest absolute Gasteiger partial charge is 0.269 e. The van der Waals surface area contributed by atoms with Crippen LogP contribution in [0.25, 0.3) is 0 Å². The lowest BCUT2D eigenvalue weighted by molar-refractivity contribution is -0.137. The fourth-order valence-corrected chi connectivity index (χ4v) is 1.94. The number of benzene rings is 1. The Morgan fingerprint density at radius 2 is 1.90 bits per heavy atom. The highest BCUT2D eigenvalue weighted by atomic mass is 16.2. The molecule has 0 bridgehead atoms. The highest BCUT2D eigenvalue weighted by Gasteiger charge is 2.29. The minimum atomic E-state index is -0.289. The molecule has 1 aliphatic heterocycles. The molecule has 1 heterocycles. The summed E-state index contributed by atoms with van der Waals surface area (Å²) in [7, 11) is 0. The van der Waals surface area contributed by atoms with Gasteiger partial charge in [-0.1, -0.05) is 55.5 Å². The van der Waals surface area contributed by atoms with E-state index >= 15 is 0 Å².